The highest BCUT2D eigenvalue weighted by atomic mass is 28.4. The van der Waals surface area contributed by atoms with Crippen molar-refractivity contribution in [3.05, 3.63) is 0 Å². The Hall–Kier alpha value is -0.553. The van der Waals surface area contributed by atoms with Gasteiger partial charge in [-0.1, -0.05) is 77.6 Å². The van der Waals surface area contributed by atoms with Crippen LogP contribution in [0.5, 0.6) is 0 Å². The molecule has 0 aromatic heterocycles. The van der Waals surface area contributed by atoms with Crippen LogP contribution in [0.15, 0.2) is 0 Å². The monoisotopic (exact) mass is 578 g/mol. The zero-order valence-electron chi connectivity index (χ0n) is 25.8. The zero-order chi connectivity index (χ0) is 29.0. The first-order chi connectivity index (χ1) is 18.9. The Balaban J connectivity index is 3.64. The molecule has 0 heterocycles. The van der Waals surface area contributed by atoms with E-state index in [1.165, 1.54) is 44.9 Å². The lowest BCUT2D eigenvalue weighted by atomic mass is 10.0. The topological polar surface area (TPSA) is 104 Å². The molecule has 0 saturated heterocycles. The van der Waals surface area contributed by atoms with E-state index in [4.69, 9.17) is 22.8 Å². The second-order valence-electron chi connectivity index (χ2n) is 10.4. The summed E-state index contributed by atoms with van der Waals surface area (Å²) in [6.07, 6.45) is 15.9. The van der Waals surface area contributed by atoms with Crippen LogP contribution in [-0.4, -0.2) is 76.8 Å². The van der Waals surface area contributed by atoms with Crippen molar-refractivity contribution in [1.29, 1.82) is 0 Å². The van der Waals surface area contributed by atoms with E-state index in [-0.39, 0.29) is 25.3 Å². The summed E-state index contributed by atoms with van der Waals surface area (Å²) in [5, 5.41) is 20.1. The molecule has 0 spiro atoms. The minimum atomic E-state index is -2.66. The number of aliphatic hydroxyl groups excluding tert-OH is 2. The van der Waals surface area contributed by atoms with Crippen LogP contribution in [0.3, 0.4) is 0 Å². The van der Waals surface area contributed by atoms with Gasteiger partial charge in [-0.05, 0) is 46.5 Å². The van der Waals surface area contributed by atoms with Crippen molar-refractivity contribution >= 4 is 14.8 Å². The third kappa shape index (κ3) is 23.8. The van der Waals surface area contributed by atoms with Gasteiger partial charge >= 0.3 is 14.8 Å². The molecule has 2 unspecified atom stereocenters. The van der Waals surface area contributed by atoms with Crippen molar-refractivity contribution in [2.24, 2.45) is 0 Å². The molecule has 0 aliphatic rings. The summed E-state index contributed by atoms with van der Waals surface area (Å²) in [5.41, 5.74) is 0. The molecule has 9 heteroatoms. The number of carbonyl (C=O) groups excluding carboxylic acids is 1. The van der Waals surface area contributed by atoms with Crippen LogP contribution in [0, 0.1) is 0 Å². The van der Waals surface area contributed by atoms with E-state index in [1.54, 1.807) is 0 Å². The summed E-state index contributed by atoms with van der Waals surface area (Å²) in [4.78, 5) is 11.9. The summed E-state index contributed by atoms with van der Waals surface area (Å²) in [5.74, 6) is -0.261. The number of hydrogen-bond donors (Lipinski definition) is 2. The normalized spacial score (nSPS) is 13.5. The lowest BCUT2D eigenvalue weighted by Crippen LogP contribution is -2.46. The minimum absolute atomic E-state index is 0.0399. The first-order valence-electron chi connectivity index (χ1n) is 15.9. The van der Waals surface area contributed by atoms with Gasteiger partial charge in [0.25, 0.3) is 0 Å². The molecule has 8 nitrogen and oxygen atoms in total. The van der Waals surface area contributed by atoms with Gasteiger partial charge in [0.05, 0.1) is 12.7 Å². The number of hydrogen-bond acceptors (Lipinski definition) is 8. The fourth-order valence-electron chi connectivity index (χ4n) is 4.58. The van der Waals surface area contributed by atoms with Crippen molar-refractivity contribution in [3.8, 4) is 0 Å². The summed E-state index contributed by atoms with van der Waals surface area (Å²) in [6.45, 7) is 10.2. The Kier molecular flexibility index (Phi) is 27.2. The summed E-state index contributed by atoms with van der Waals surface area (Å²) >= 11 is 0. The summed E-state index contributed by atoms with van der Waals surface area (Å²) < 4.78 is 28.2. The van der Waals surface area contributed by atoms with E-state index >= 15 is 0 Å². The van der Waals surface area contributed by atoms with Gasteiger partial charge in [0.15, 0.2) is 0 Å². The fraction of sp³-hybridized carbons (Fsp3) is 0.967. The fourth-order valence-corrected chi connectivity index (χ4v) is 7.16. The van der Waals surface area contributed by atoms with Crippen molar-refractivity contribution in [3.63, 3.8) is 0 Å². The summed E-state index contributed by atoms with van der Waals surface area (Å²) in [7, 11) is -2.66. The second-order valence-corrected chi connectivity index (χ2v) is 13.1. The molecule has 234 valence electrons. The van der Waals surface area contributed by atoms with Gasteiger partial charge in [0, 0.05) is 38.9 Å². The molecule has 0 aromatic carbocycles. The highest BCUT2D eigenvalue weighted by Gasteiger charge is 2.39. The molecule has 39 heavy (non-hydrogen) atoms. The van der Waals surface area contributed by atoms with E-state index < -0.39 is 14.9 Å². The molecule has 0 saturated carbocycles. The van der Waals surface area contributed by atoms with Gasteiger partial charge in [-0.15, -0.1) is 0 Å². The largest absolute Gasteiger partial charge is 0.501 e. The summed E-state index contributed by atoms with van der Waals surface area (Å²) in [6, 6.07) is 0.664. The van der Waals surface area contributed by atoms with Gasteiger partial charge < -0.3 is 33.0 Å². The Morgan fingerprint density at radius 2 is 1.15 bits per heavy atom. The highest BCUT2D eigenvalue weighted by molar-refractivity contribution is 6.60. The van der Waals surface area contributed by atoms with Gasteiger partial charge in [0.1, 0.15) is 12.7 Å². The molecular formula is C30H62O8Si. The predicted molar refractivity (Wildman–Crippen MR) is 159 cm³/mol. The van der Waals surface area contributed by atoms with Crippen LogP contribution in [0.4, 0.5) is 0 Å². The standard InChI is InChI=1S/C30H62O8Si/c1-5-9-10-17-21-28(31)22-18-15-13-11-12-14-16-19-23-30(33)35-27-29(32)26-34-24-20-25-39(36-6-2,37-7-3)38-8-4/h28-29,31-32H,5-27H2,1-4H3. The molecular weight excluding hydrogens is 516 g/mol. The van der Waals surface area contributed by atoms with E-state index in [0.29, 0.717) is 45.3 Å². The molecule has 0 aliphatic heterocycles. The number of unbranched alkanes of at least 4 members (excludes halogenated alkanes) is 10. The van der Waals surface area contributed by atoms with E-state index in [2.05, 4.69) is 6.92 Å². The Bertz CT molecular complexity index is 520. The van der Waals surface area contributed by atoms with Crippen LogP contribution in [0.2, 0.25) is 6.04 Å². The third-order valence-corrected chi connectivity index (χ3v) is 9.82. The SMILES string of the molecule is CCCCCCC(O)CCCCCCCCCCC(=O)OCC(O)COCCC[Si](OCC)(OCC)OCC. The van der Waals surface area contributed by atoms with Crippen LogP contribution in [-0.2, 0) is 27.5 Å². The number of esters is 1. The van der Waals surface area contributed by atoms with Crippen molar-refractivity contribution < 1.29 is 37.8 Å². The maximum atomic E-state index is 11.9. The lowest BCUT2D eigenvalue weighted by Gasteiger charge is -2.28. The molecule has 0 fully saturated rings. The molecule has 0 rings (SSSR count). The maximum Gasteiger partial charge on any atom is 0.501 e. The quantitative estimate of drug-likeness (QED) is 0.0560. The molecule has 0 aliphatic carbocycles. The Morgan fingerprint density at radius 3 is 1.69 bits per heavy atom. The van der Waals surface area contributed by atoms with Crippen LogP contribution >= 0.6 is 0 Å². The molecule has 0 amide bonds. The third-order valence-electron chi connectivity index (χ3n) is 6.67. The zero-order valence-corrected chi connectivity index (χ0v) is 26.8. The van der Waals surface area contributed by atoms with E-state index in [1.807, 2.05) is 20.8 Å². The highest BCUT2D eigenvalue weighted by Crippen LogP contribution is 2.18. The van der Waals surface area contributed by atoms with Crippen LogP contribution < -0.4 is 0 Å². The number of rotatable bonds is 30. The van der Waals surface area contributed by atoms with Gasteiger partial charge in [-0.3, -0.25) is 4.79 Å². The smallest absolute Gasteiger partial charge is 0.463 e. The maximum absolute atomic E-state index is 11.9. The molecule has 0 radical (unpaired) electrons. The van der Waals surface area contributed by atoms with Gasteiger partial charge in [-0.2, -0.15) is 0 Å². The van der Waals surface area contributed by atoms with Crippen molar-refractivity contribution in [2.45, 2.75) is 149 Å². The van der Waals surface area contributed by atoms with Crippen molar-refractivity contribution in [2.75, 3.05) is 39.6 Å². The van der Waals surface area contributed by atoms with Gasteiger partial charge in [-0.25, -0.2) is 0 Å². The predicted octanol–water partition coefficient (Wildman–Crippen LogP) is 6.58. The van der Waals surface area contributed by atoms with Gasteiger partial charge in [0.2, 0.25) is 0 Å². The first-order valence-corrected chi connectivity index (χ1v) is 17.9. The number of ether oxygens (including phenoxy) is 2. The van der Waals surface area contributed by atoms with Crippen LogP contribution in [0.1, 0.15) is 130 Å². The number of carbonyl (C=O) groups is 1. The number of aliphatic hydroxyl groups is 2. The molecule has 2 N–H and O–H groups in total. The minimum Gasteiger partial charge on any atom is -0.463 e. The van der Waals surface area contributed by atoms with Crippen molar-refractivity contribution in [1.82, 2.24) is 0 Å². The lowest BCUT2D eigenvalue weighted by molar-refractivity contribution is -0.147. The average Bonchev–Trinajstić information content (AvgIpc) is 2.91. The Labute approximate surface area is 240 Å². The van der Waals surface area contributed by atoms with E-state index in [0.717, 1.165) is 44.9 Å². The van der Waals surface area contributed by atoms with Crippen LogP contribution in [0.25, 0.3) is 0 Å². The second kappa shape index (κ2) is 27.6. The molecule has 0 bridgehead atoms. The first kappa shape index (κ1) is 38.4. The molecule has 0 aromatic rings. The molecule has 2 atom stereocenters. The average molecular weight is 579 g/mol. The van der Waals surface area contributed by atoms with E-state index in [9.17, 15) is 15.0 Å². The Morgan fingerprint density at radius 1 is 0.641 bits per heavy atom.